The number of nitrogens with one attached hydrogen (secondary N) is 1. The number of aromatic nitrogens is 3. The SMILES string of the molecule is Cn1cc(S(=O)(=O)NCc2nc(C(=O)O)cs2)cn1. The van der Waals surface area contributed by atoms with E-state index in [-0.39, 0.29) is 17.1 Å². The summed E-state index contributed by atoms with van der Waals surface area (Å²) in [4.78, 5) is 14.5. The van der Waals surface area contributed by atoms with Gasteiger partial charge < -0.3 is 5.11 Å². The largest absolute Gasteiger partial charge is 0.476 e. The third kappa shape index (κ3) is 3.16. The molecule has 0 amide bonds. The van der Waals surface area contributed by atoms with E-state index in [0.717, 1.165) is 11.3 Å². The molecule has 0 spiro atoms. The summed E-state index contributed by atoms with van der Waals surface area (Å²) in [5.74, 6) is -1.14. The fraction of sp³-hybridized carbons (Fsp3) is 0.222. The molecule has 2 rings (SSSR count). The molecule has 0 fully saturated rings. The van der Waals surface area contributed by atoms with Gasteiger partial charge in [0.2, 0.25) is 10.0 Å². The summed E-state index contributed by atoms with van der Waals surface area (Å²) in [6, 6.07) is 0. The normalized spacial score (nSPS) is 11.6. The van der Waals surface area contributed by atoms with Gasteiger partial charge in [0.25, 0.3) is 0 Å². The Morgan fingerprint density at radius 3 is 2.84 bits per heavy atom. The van der Waals surface area contributed by atoms with Gasteiger partial charge in [-0.05, 0) is 0 Å². The molecule has 0 radical (unpaired) electrons. The molecule has 2 aromatic rings. The van der Waals surface area contributed by atoms with E-state index in [1.807, 2.05) is 0 Å². The lowest BCUT2D eigenvalue weighted by Crippen LogP contribution is -2.22. The van der Waals surface area contributed by atoms with Gasteiger partial charge >= 0.3 is 5.97 Å². The monoisotopic (exact) mass is 302 g/mol. The zero-order valence-corrected chi connectivity index (χ0v) is 11.4. The molecule has 0 aromatic carbocycles. The third-order valence-electron chi connectivity index (χ3n) is 2.18. The highest BCUT2D eigenvalue weighted by Crippen LogP contribution is 2.12. The van der Waals surface area contributed by atoms with Crippen LogP contribution < -0.4 is 4.72 Å². The minimum Gasteiger partial charge on any atom is -0.476 e. The van der Waals surface area contributed by atoms with Gasteiger partial charge in [0.1, 0.15) is 9.90 Å². The number of rotatable bonds is 5. The Balaban J connectivity index is 2.07. The number of nitrogens with zero attached hydrogens (tertiary/aromatic N) is 3. The topological polar surface area (TPSA) is 114 Å². The number of aromatic carboxylic acids is 1. The van der Waals surface area contributed by atoms with Gasteiger partial charge in [-0.1, -0.05) is 0 Å². The number of hydrogen-bond acceptors (Lipinski definition) is 6. The van der Waals surface area contributed by atoms with Crippen LogP contribution in [0.5, 0.6) is 0 Å². The molecule has 0 aliphatic rings. The summed E-state index contributed by atoms with van der Waals surface area (Å²) in [5, 5.41) is 14.2. The Labute approximate surface area is 112 Å². The maximum atomic E-state index is 11.9. The average Bonchev–Trinajstić information content (AvgIpc) is 2.95. The number of carboxylic acid groups (broad SMARTS) is 1. The van der Waals surface area contributed by atoms with E-state index in [1.165, 1.54) is 22.5 Å². The molecule has 8 nitrogen and oxygen atoms in total. The van der Waals surface area contributed by atoms with Gasteiger partial charge in [-0.3, -0.25) is 4.68 Å². The zero-order valence-electron chi connectivity index (χ0n) is 9.77. The van der Waals surface area contributed by atoms with Crippen molar-refractivity contribution in [3.63, 3.8) is 0 Å². The van der Waals surface area contributed by atoms with E-state index in [2.05, 4.69) is 14.8 Å². The number of sulfonamides is 1. The highest BCUT2D eigenvalue weighted by Gasteiger charge is 2.17. The van der Waals surface area contributed by atoms with Crippen LogP contribution in [-0.2, 0) is 23.6 Å². The van der Waals surface area contributed by atoms with Crippen LogP contribution in [0.3, 0.4) is 0 Å². The van der Waals surface area contributed by atoms with Gasteiger partial charge in [-0.15, -0.1) is 11.3 Å². The predicted octanol–water partition coefficient (Wildman–Crippen LogP) is 0.0533. The van der Waals surface area contributed by atoms with Gasteiger partial charge in [-0.25, -0.2) is 22.9 Å². The second-order valence-electron chi connectivity index (χ2n) is 3.61. The minimum atomic E-state index is -3.66. The minimum absolute atomic E-state index is 0.0463. The van der Waals surface area contributed by atoms with Crippen molar-refractivity contribution in [3.8, 4) is 0 Å². The molecule has 2 heterocycles. The van der Waals surface area contributed by atoms with E-state index in [1.54, 1.807) is 7.05 Å². The molecular weight excluding hydrogens is 292 g/mol. The molecule has 10 heteroatoms. The quantitative estimate of drug-likeness (QED) is 0.807. The van der Waals surface area contributed by atoms with Gasteiger partial charge in [-0.2, -0.15) is 5.10 Å². The third-order valence-corrected chi connectivity index (χ3v) is 4.38. The summed E-state index contributed by atoms with van der Waals surface area (Å²) in [7, 11) is -2.05. The molecule has 0 bridgehead atoms. The van der Waals surface area contributed by atoms with Crippen molar-refractivity contribution in [1.29, 1.82) is 0 Å². The maximum Gasteiger partial charge on any atom is 0.355 e. The number of aryl methyl sites for hydroxylation is 1. The molecule has 0 unspecified atom stereocenters. The highest BCUT2D eigenvalue weighted by molar-refractivity contribution is 7.89. The smallest absolute Gasteiger partial charge is 0.355 e. The lowest BCUT2D eigenvalue weighted by Gasteiger charge is -2.01. The summed E-state index contributed by atoms with van der Waals surface area (Å²) < 4.78 is 27.4. The number of thiazole rings is 1. The fourth-order valence-corrected chi connectivity index (χ4v) is 3.04. The molecular formula is C9H10N4O4S2. The van der Waals surface area contributed by atoms with Gasteiger partial charge in [0.05, 0.1) is 12.7 Å². The Bertz CT molecular complexity index is 703. The summed E-state index contributed by atoms with van der Waals surface area (Å²) in [5.41, 5.74) is -0.0967. The Hall–Kier alpha value is -1.78. The van der Waals surface area contributed by atoms with Gasteiger partial charge in [0.15, 0.2) is 5.69 Å². The molecule has 2 aromatic heterocycles. The average molecular weight is 302 g/mol. The van der Waals surface area contributed by atoms with Crippen LogP contribution in [0, 0.1) is 0 Å². The Morgan fingerprint density at radius 1 is 1.58 bits per heavy atom. The van der Waals surface area contributed by atoms with Crippen molar-refractivity contribution >= 4 is 27.3 Å². The standard InChI is InChI=1S/C9H10N4O4S2/c1-13-4-6(2-10-13)19(16,17)11-3-8-12-7(5-18-8)9(14)15/h2,4-5,11H,3H2,1H3,(H,14,15). The van der Waals surface area contributed by atoms with E-state index in [0.29, 0.717) is 5.01 Å². The van der Waals surface area contributed by atoms with Crippen LogP contribution in [0.2, 0.25) is 0 Å². The number of carboxylic acids is 1. The van der Waals surface area contributed by atoms with E-state index < -0.39 is 16.0 Å². The van der Waals surface area contributed by atoms with Crippen LogP contribution in [0.4, 0.5) is 0 Å². The van der Waals surface area contributed by atoms with Crippen molar-refractivity contribution in [2.75, 3.05) is 0 Å². The number of hydrogen-bond donors (Lipinski definition) is 2. The van der Waals surface area contributed by atoms with Crippen molar-refractivity contribution in [2.45, 2.75) is 11.4 Å². The van der Waals surface area contributed by atoms with Crippen LogP contribution in [0.1, 0.15) is 15.5 Å². The first-order valence-corrected chi connectivity index (χ1v) is 7.41. The van der Waals surface area contributed by atoms with E-state index >= 15 is 0 Å². The second-order valence-corrected chi connectivity index (χ2v) is 6.32. The van der Waals surface area contributed by atoms with Crippen LogP contribution >= 0.6 is 11.3 Å². The molecule has 0 saturated carbocycles. The van der Waals surface area contributed by atoms with Gasteiger partial charge in [0, 0.05) is 18.6 Å². The second kappa shape index (κ2) is 5.07. The molecule has 0 aliphatic heterocycles. The van der Waals surface area contributed by atoms with E-state index in [9.17, 15) is 13.2 Å². The first-order valence-electron chi connectivity index (χ1n) is 5.04. The van der Waals surface area contributed by atoms with Crippen LogP contribution in [0.25, 0.3) is 0 Å². The van der Waals surface area contributed by atoms with Crippen molar-refractivity contribution < 1.29 is 18.3 Å². The molecule has 102 valence electrons. The predicted molar refractivity (Wildman–Crippen MR) is 66.3 cm³/mol. The first-order chi connectivity index (χ1) is 8.88. The fourth-order valence-electron chi connectivity index (χ4n) is 1.27. The van der Waals surface area contributed by atoms with Crippen molar-refractivity contribution in [3.05, 3.63) is 28.5 Å². The molecule has 0 saturated heterocycles. The summed E-state index contributed by atoms with van der Waals surface area (Å²) in [6.07, 6.45) is 2.60. The molecule has 2 N–H and O–H groups in total. The number of carbonyl (C=O) groups is 1. The van der Waals surface area contributed by atoms with Crippen molar-refractivity contribution in [2.24, 2.45) is 7.05 Å². The Morgan fingerprint density at radius 2 is 2.32 bits per heavy atom. The maximum absolute atomic E-state index is 11.9. The lowest BCUT2D eigenvalue weighted by atomic mass is 10.5. The summed E-state index contributed by atoms with van der Waals surface area (Å²) >= 11 is 1.08. The Kier molecular flexibility index (Phi) is 3.64. The summed E-state index contributed by atoms with van der Waals surface area (Å²) in [6.45, 7) is -0.0603. The molecule has 0 atom stereocenters. The highest BCUT2D eigenvalue weighted by atomic mass is 32.2. The van der Waals surface area contributed by atoms with Crippen molar-refractivity contribution in [1.82, 2.24) is 19.5 Å². The lowest BCUT2D eigenvalue weighted by molar-refractivity contribution is 0.0691. The van der Waals surface area contributed by atoms with Crippen LogP contribution in [-0.4, -0.2) is 34.3 Å². The first kappa shape index (κ1) is 13.6. The van der Waals surface area contributed by atoms with Crippen LogP contribution in [0.15, 0.2) is 22.7 Å². The van der Waals surface area contributed by atoms with E-state index in [4.69, 9.17) is 5.11 Å². The molecule has 0 aliphatic carbocycles. The molecule has 19 heavy (non-hydrogen) atoms. The zero-order chi connectivity index (χ0) is 14.0.